The van der Waals surface area contributed by atoms with Gasteiger partial charge in [-0.3, -0.25) is 4.98 Å². The Hall–Kier alpha value is -3.36. The molecule has 2 amide bonds. The Labute approximate surface area is 135 Å². The average molecular weight is 330 g/mol. The summed E-state index contributed by atoms with van der Waals surface area (Å²) in [6, 6.07) is 6.07. The predicted molar refractivity (Wildman–Crippen MR) is 81.4 cm³/mol. The van der Waals surface area contributed by atoms with E-state index in [4.69, 9.17) is 0 Å². The number of rotatable bonds is 4. The Balaban J connectivity index is 1.60. The molecule has 1 aromatic carbocycles. The van der Waals surface area contributed by atoms with Gasteiger partial charge in [0.2, 0.25) is 0 Å². The van der Waals surface area contributed by atoms with E-state index >= 15 is 0 Å². The number of anilines is 1. The van der Waals surface area contributed by atoms with E-state index in [1.165, 1.54) is 10.7 Å². The molecule has 0 bridgehead atoms. The molecule has 0 unspecified atom stereocenters. The lowest BCUT2D eigenvalue weighted by Crippen LogP contribution is -2.29. The van der Waals surface area contributed by atoms with E-state index in [1.807, 2.05) is 0 Å². The number of amides is 2. The molecule has 2 N–H and O–H groups in total. The molecule has 0 aliphatic carbocycles. The molecule has 0 aliphatic rings. The molecule has 0 aliphatic heterocycles. The smallest absolute Gasteiger partial charge is 0.319 e. The number of hydrogen-bond donors (Lipinski definition) is 2. The SMILES string of the molecule is O=C(NCc1cn(-c2ccncc2)nn1)Nc1c(F)cccc1F. The highest BCUT2D eigenvalue weighted by Crippen LogP contribution is 2.17. The van der Waals surface area contributed by atoms with Gasteiger partial charge in [0.15, 0.2) is 0 Å². The number of carbonyl (C=O) groups excluding carboxylic acids is 1. The van der Waals surface area contributed by atoms with Crippen LogP contribution in [0.1, 0.15) is 5.69 Å². The highest BCUT2D eigenvalue weighted by molar-refractivity contribution is 5.89. The van der Waals surface area contributed by atoms with E-state index in [0.29, 0.717) is 5.69 Å². The van der Waals surface area contributed by atoms with Gasteiger partial charge < -0.3 is 10.6 Å². The quantitative estimate of drug-likeness (QED) is 0.768. The van der Waals surface area contributed by atoms with Gasteiger partial charge in [-0.25, -0.2) is 18.3 Å². The molecule has 3 rings (SSSR count). The van der Waals surface area contributed by atoms with Gasteiger partial charge in [0, 0.05) is 12.4 Å². The second kappa shape index (κ2) is 6.82. The maximum absolute atomic E-state index is 13.5. The van der Waals surface area contributed by atoms with Crippen LogP contribution in [0.25, 0.3) is 5.69 Å². The van der Waals surface area contributed by atoms with E-state index in [1.54, 1.807) is 30.7 Å². The van der Waals surface area contributed by atoms with Gasteiger partial charge in [0.05, 0.1) is 18.4 Å². The zero-order valence-electron chi connectivity index (χ0n) is 12.3. The Kier molecular flexibility index (Phi) is 4.41. The lowest BCUT2D eigenvalue weighted by atomic mass is 10.3. The van der Waals surface area contributed by atoms with Crippen molar-refractivity contribution in [3.8, 4) is 5.69 Å². The van der Waals surface area contributed by atoms with Crippen LogP contribution in [0.3, 0.4) is 0 Å². The first-order valence-electron chi connectivity index (χ1n) is 6.94. The highest BCUT2D eigenvalue weighted by Gasteiger charge is 2.12. The number of para-hydroxylation sites is 1. The van der Waals surface area contributed by atoms with Gasteiger partial charge in [-0.2, -0.15) is 0 Å². The van der Waals surface area contributed by atoms with Gasteiger partial charge >= 0.3 is 6.03 Å². The molecule has 0 saturated heterocycles. The van der Waals surface area contributed by atoms with Gasteiger partial charge in [0.1, 0.15) is 23.0 Å². The number of nitrogens with one attached hydrogen (secondary N) is 2. The molecule has 9 heteroatoms. The molecule has 0 atom stereocenters. The minimum absolute atomic E-state index is 0.0486. The highest BCUT2D eigenvalue weighted by atomic mass is 19.1. The van der Waals surface area contributed by atoms with Crippen molar-refractivity contribution in [2.45, 2.75) is 6.54 Å². The van der Waals surface area contributed by atoms with Crippen molar-refractivity contribution in [3.05, 3.63) is 66.3 Å². The van der Waals surface area contributed by atoms with Gasteiger partial charge in [-0.15, -0.1) is 5.10 Å². The minimum atomic E-state index is -0.853. The third-order valence-electron chi connectivity index (χ3n) is 3.10. The maximum Gasteiger partial charge on any atom is 0.319 e. The third kappa shape index (κ3) is 3.51. The zero-order valence-corrected chi connectivity index (χ0v) is 12.3. The fraction of sp³-hybridized carbons (Fsp3) is 0.0667. The van der Waals surface area contributed by atoms with Crippen LogP contribution < -0.4 is 10.6 Å². The van der Waals surface area contributed by atoms with Crippen LogP contribution in [0, 0.1) is 11.6 Å². The van der Waals surface area contributed by atoms with Crippen LogP contribution in [0.4, 0.5) is 19.3 Å². The van der Waals surface area contributed by atoms with Crippen molar-refractivity contribution in [2.24, 2.45) is 0 Å². The monoisotopic (exact) mass is 330 g/mol. The Morgan fingerprint density at radius 1 is 1.12 bits per heavy atom. The molecular weight excluding hydrogens is 318 g/mol. The summed E-state index contributed by atoms with van der Waals surface area (Å²) >= 11 is 0. The second-order valence-corrected chi connectivity index (χ2v) is 4.76. The van der Waals surface area contributed by atoms with Crippen LogP contribution in [-0.2, 0) is 6.54 Å². The van der Waals surface area contributed by atoms with Crippen molar-refractivity contribution >= 4 is 11.7 Å². The largest absolute Gasteiger partial charge is 0.332 e. The Bertz CT molecular complexity index is 832. The lowest BCUT2D eigenvalue weighted by Gasteiger charge is -2.08. The van der Waals surface area contributed by atoms with Crippen molar-refractivity contribution < 1.29 is 13.6 Å². The van der Waals surface area contributed by atoms with E-state index in [2.05, 4.69) is 25.9 Å². The minimum Gasteiger partial charge on any atom is -0.332 e. The molecule has 2 aromatic heterocycles. The molecule has 0 fully saturated rings. The molecule has 2 heterocycles. The topological polar surface area (TPSA) is 84.7 Å². The van der Waals surface area contributed by atoms with E-state index in [-0.39, 0.29) is 6.54 Å². The molecule has 0 saturated carbocycles. The van der Waals surface area contributed by atoms with Crippen molar-refractivity contribution in [3.63, 3.8) is 0 Å². The summed E-state index contributed by atoms with van der Waals surface area (Å²) in [5, 5.41) is 12.4. The summed E-state index contributed by atoms with van der Waals surface area (Å²) in [5.74, 6) is -1.71. The van der Waals surface area contributed by atoms with Gasteiger partial charge in [0.25, 0.3) is 0 Å². The summed E-state index contributed by atoms with van der Waals surface area (Å²) < 4.78 is 28.4. The number of pyridine rings is 1. The number of carbonyl (C=O) groups is 1. The number of urea groups is 1. The first-order chi connectivity index (χ1) is 11.6. The van der Waals surface area contributed by atoms with Crippen LogP contribution in [-0.4, -0.2) is 26.0 Å². The molecule has 7 nitrogen and oxygen atoms in total. The molecule has 122 valence electrons. The Morgan fingerprint density at radius 3 is 2.54 bits per heavy atom. The number of nitrogens with zero attached hydrogens (tertiary/aromatic N) is 4. The summed E-state index contributed by atoms with van der Waals surface area (Å²) in [5.41, 5.74) is 0.744. The molecule has 24 heavy (non-hydrogen) atoms. The lowest BCUT2D eigenvalue weighted by molar-refractivity contribution is 0.251. The zero-order chi connectivity index (χ0) is 16.9. The average Bonchev–Trinajstić information content (AvgIpc) is 3.06. The summed E-state index contributed by atoms with van der Waals surface area (Å²) in [6.07, 6.45) is 4.86. The van der Waals surface area contributed by atoms with Crippen LogP contribution in [0.2, 0.25) is 0 Å². The second-order valence-electron chi connectivity index (χ2n) is 4.76. The Morgan fingerprint density at radius 2 is 1.83 bits per heavy atom. The predicted octanol–water partition coefficient (Wildman–Crippen LogP) is 2.26. The van der Waals surface area contributed by atoms with E-state index in [9.17, 15) is 13.6 Å². The van der Waals surface area contributed by atoms with Crippen LogP contribution in [0.5, 0.6) is 0 Å². The van der Waals surface area contributed by atoms with E-state index in [0.717, 1.165) is 17.8 Å². The van der Waals surface area contributed by atoms with Crippen LogP contribution in [0.15, 0.2) is 48.9 Å². The number of benzene rings is 1. The fourth-order valence-corrected chi connectivity index (χ4v) is 1.95. The van der Waals surface area contributed by atoms with Gasteiger partial charge in [-0.05, 0) is 24.3 Å². The summed E-state index contributed by atoms with van der Waals surface area (Å²) in [6.45, 7) is 0.0486. The van der Waals surface area contributed by atoms with E-state index < -0.39 is 23.4 Å². The maximum atomic E-state index is 13.5. The third-order valence-corrected chi connectivity index (χ3v) is 3.10. The van der Waals surface area contributed by atoms with Gasteiger partial charge in [-0.1, -0.05) is 11.3 Å². The van der Waals surface area contributed by atoms with Crippen LogP contribution >= 0.6 is 0 Å². The fourth-order valence-electron chi connectivity index (χ4n) is 1.95. The molecule has 0 spiro atoms. The number of aromatic nitrogens is 4. The number of halogens is 2. The first kappa shape index (κ1) is 15.5. The normalized spacial score (nSPS) is 10.4. The number of hydrogen-bond acceptors (Lipinski definition) is 4. The van der Waals surface area contributed by atoms with Crippen molar-refractivity contribution in [2.75, 3.05) is 5.32 Å². The summed E-state index contributed by atoms with van der Waals surface area (Å²) in [7, 11) is 0. The first-order valence-corrected chi connectivity index (χ1v) is 6.94. The van der Waals surface area contributed by atoms with Crippen molar-refractivity contribution in [1.29, 1.82) is 0 Å². The molecule has 3 aromatic rings. The standard InChI is InChI=1S/C15H12F2N6O/c16-12-2-1-3-13(17)14(12)20-15(24)19-8-10-9-23(22-21-10)11-4-6-18-7-5-11/h1-7,9H,8H2,(H2,19,20,24). The molecular formula is C15H12F2N6O. The molecule has 0 radical (unpaired) electrons. The van der Waals surface area contributed by atoms with Crippen molar-refractivity contribution in [1.82, 2.24) is 25.3 Å². The summed E-state index contributed by atoms with van der Waals surface area (Å²) in [4.78, 5) is 15.7.